The van der Waals surface area contributed by atoms with Crippen LogP contribution in [0.25, 0.3) is 17.0 Å². The van der Waals surface area contributed by atoms with Crippen LogP contribution >= 0.6 is 23.2 Å². The fourth-order valence-corrected chi connectivity index (χ4v) is 4.52. The summed E-state index contributed by atoms with van der Waals surface area (Å²) in [5.41, 5.74) is 2.09. The molecule has 0 radical (unpaired) electrons. The van der Waals surface area contributed by atoms with Gasteiger partial charge in [-0.3, -0.25) is 4.79 Å². The van der Waals surface area contributed by atoms with Crippen molar-refractivity contribution in [2.45, 2.75) is 31.9 Å². The van der Waals surface area contributed by atoms with Crippen molar-refractivity contribution in [2.75, 3.05) is 6.54 Å². The van der Waals surface area contributed by atoms with Crippen molar-refractivity contribution in [2.24, 2.45) is 0 Å². The van der Waals surface area contributed by atoms with E-state index in [2.05, 4.69) is 10.3 Å². The largest absolute Gasteiger partial charge is 0.431 e. The van der Waals surface area contributed by atoms with Crippen LogP contribution in [0.2, 0.25) is 10.0 Å². The molecule has 0 bridgehead atoms. The Hall–Kier alpha value is -2.44. The maximum absolute atomic E-state index is 13.5. The van der Waals surface area contributed by atoms with E-state index in [0.29, 0.717) is 22.4 Å². The summed E-state index contributed by atoms with van der Waals surface area (Å²) in [7, 11) is 0. The zero-order chi connectivity index (χ0) is 22.3. The molecule has 1 heterocycles. The number of amides is 1. The van der Waals surface area contributed by atoms with E-state index in [1.807, 2.05) is 25.1 Å². The number of rotatable bonds is 4. The molecule has 0 fully saturated rings. The molecular formula is C23H19Cl2F3N2O. The standard InChI is InChI=1S/C23H19Cl2F3N2O/c1-12-9-14(10-13-11-15(24)5-6-16(12)13)22(31)29-8-7-18-17-3-2-4-19(25)20(17)30-21(18)23(26,27)28/h2-6,10-12,30H,7-9H2,1H3,(H,29,31). The third-order valence-electron chi connectivity index (χ3n) is 5.56. The van der Waals surface area contributed by atoms with Crippen LogP contribution in [-0.4, -0.2) is 17.4 Å². The summed E-state index contributed by atoms with van der Waals surface area (Å²) in [6, 6.07) is 10.3. The number of hydrogen-bond donors (Lipinski definition) is 2. The highest BCUT2D eigenvalue weighted by molar-refractivity contribution is 6.35. The fourth-order valence-electron chi connectivity index (χ4n) is 4.12. The highest BCUT2D eigenvalue weighted by Gasteiger charge is 2.36. The molecule has 4 rings (SSSR count). The number of hydrogen-bond acceptors (Lipinski definition) is 1. The average molecular weight is 467 g/mol. The molecule has 31 heavy (non-hydrogen) atoms. The lowest BCUT2D eigenvalue weighted by Crippen LogP contribution is -2.29. The Morgan fingerprint density at radius 1 is 1.23 bits per heavy atom. The van der Waals surface area contributed by atoms with Gasteiger partial charge in [-0.1, -0.05) is 48.3 Å². The van der Waals surface area contributed by atoms with Crippen molar-refractivity contribution >= 4 is 46.1 Å². The fraction of sp³-hybridized carbons (Fsp3) is 0.261. The smallest absolute Gasteiger partial charge is 0.352 e. The second-order valence-electron chi connectivity index (χ2n) is 7.69. The minimum absolute atomic E-state index is 0.0200. The van der Waals surface area contributed by atoms with Crippen LogP contribution in [-0.2, 0) is 17.4 Å². The Morgan fingerprint density at radius 3 is 2.74 bits per heavy atom. The molecule has 2 aromatic carbocycles. The number of aromatic nitrogens is 1. The van der Waals surface area contributed by atoms with Gasteiger partial charge in [-0.25, -0.2) is 0 Å². The molecule has 1 aliphatic rings. The predicted molar refractivity (Wildman–Crippen MR) is 117 cm³/mol. The number of para-hydroxylation sites is 1. The topological polar surface area (TPSA) is 44.9 Å². The molecule has 0 saturated heterocycles. The lowest BCUT2D eigenvalue weighted by Gasteiger charge is -2.22. The summed E-state index contributed by atoms with van der Waals surface area (Å²) in [5.74, 6) is -0.144. The Bertz CT molecular complexity index is 1200. The lowest BCUT2D eigenvalue weighted by molar-refractivity contribution is -0.141. The highest BCUT2D eigenvalue weighted by Crippen LogP contribution is 2.38. The molecule has 8 heteroatoms. The van der Waals surface area contributed by atoms with Crippen molar-refractivity contribution in [3.05, 3.63) is 74.4 Å². The Labute approximate surface area is 187 Å². The van der Waals surface area contributed by atoms with Gasteiger partial charge in [-0.05, 0) is 59.7 Å². The second kappa shape index (κ2) is 8.24. The van der Waals surface area contributed by atoms with Crippen molar-refractivity contribution in [1.82, 2.24) is 10.3 Å². The number of benzene rings is 2. The van der Waals surface area contributed by atoms with Crippen molar-refractivity contribution in [3.8, 4) is 0 Å². The summed E-state index contributed by atoms with van der Waals surface area (Å²) in [5, 5.41) is 3.97. The number of halogens is 5. The zero-order valence-corrected chi connectivity index (χ0v) is 18.1. The number of aromatic amines is 1. The van der Waals surface area contributed by atoms with Gasteiger partial charge in [0.05, 0.1) is 10.5 Å². The van der Waals surface area contributed by atoms with Crippen LogP contribution < -0.4 is 5.32 Å². The van der Waals surface area contributed by atoms with E-state index in [1.54, 1.807) is 18.2 Å². The monoisotopic (exact) mass is 466 g/mol. The number of carbonyl (C=O) groups is 1. The van der Waals surface area contributed by atoms with E-state index in [-0.39, 0.29) is 40.9 Å². The third-order valence-corrected chi connectivity index (χ3v) is 6.11. The normalized spacial score (nSPS) is 16.2. The van der Waals surface area contributed by atoms with Crippen LogP contribution in [0.15, 0.2) is 42.0 Å². The van der Waals surface area contributed by atoms with Crippen molar-refractivity contribution in [1.29, 1.82) is 0 Å². The zero-order valence-electron chi connectivity index (χ0n) is 16.5. The first-order valence-corrected chi connectivity index (χ1v) is 10.5. The van der Waals surface area contributed by atoms with Crippen LogP contribution in [0.3, 0.4) is 0 Å². The SMILES string of the molecule is CC1CC(C(=O)NCCc2c(C(F)(F)F)[nH]c3c(Cl)cccc23)=Cc2cc(Cl)ccc21. The molecule has 3 nitrogen and oxygen atoms in total. The van der Waals surface area contributed by atoms with Crippen LogP contribution in [0.5, 0.6) is 0 Å². The Morgan fingerprint density at radius 2 is 2.00 bits per heavy atom. The summed E-state index contributed by atoms with van der Waals surface area (Å²) in [4.78, 5) is 15.1. The maximum Gasteiger partial charge on any atom is 0.431 e. The first kappa shape index (κ1) is 21.8. The van der Waals surface area contributed by atoms with Gasteiger partial charge in [0.2, 0.25) is 5.91 Å². The average Bonchev–Trinajstić information content (AvgIpc) is 3.08. The molecule has 0 saturated carbocycles. The van der Waals surface area contributed by atoms with Gasteiger partial charge in [0, 0.05) is 22.5 Å². The van der Waals surface area contributed by atoms with E-state index >= 15 is 0 Å². The molecule has 1 aromatic heterocycles. The molecule has 2 N–H and O–H groups in total. The Kier molecular flexibility index (Phi) is 5.79. The minimum Gasteiger partial charge on any atom is -0.352 e. The lowest BCUT2D eigenvalue weighted by atomic mass is 9.84. The number of nitrogens with one attached hydrogen (secondary N) is 2. The van der Waals surface area contributed by atoms with E-state index in [4.69, 9.17) is 23.2 Å². The highest BCUT2D eigenvalue weighted by atomic mass is 35.5. The maximum atomic E-state index is 13.5. The summed E-state index contributed by atoms with van der Waals surface area (Å²) in [6.07, 6.45) is -2.18. The number of carbonyl (C=O) groups excluding carboxylic acids is 1. The van der Waals surface area contributed by atoms with E-state index in [9.17, 15) is 18.0 Å². The Balaban J connectivity index is 1.53. The molecule has 0 spiro atoms. The molecule has 1 aliphatic carbocycles. The molecule has 1 atom stereocenters. The second-order valence-corrected chi connectivity index (χ2v) is 8.54. The molecule has 1 amide bonds. The van der Waals surface area contributed by atoms with Crippen LogP contribution in [0, 0.1) is 0 Å². The molecular weight excluding hydrogens is 448 g/mol. The molecule has 1 unspecified atom stereocenters. The van der Waals surface area contributed by atoms with Crippen LogP contribution in [0.1, 0.15) is 41.6 Å². The summed E-state index contributed by atoms with van der Waals surface area (Å²) >= 11 is 12.1. The molecule has 162 valence electrons. The van der Waals surface area contributed by atoms with Crippen LogP contribution in [0.4, 0.5) is 13.2 Å². The van der Waals surface area contributed by atoms with E-state index < -0.39 is 11.9 Å². The van der Waals surface area contributed by atoms with Gasteiger partial charge in [0.1, 0.15) is 5.69 Å². The van der Waals surface area contributed by atoms with E-state index in [1.165, 1.54) is 6.07 Å². The number of fused-ring (bicyclic) bond motifs is 2. The minimum atomic E-state index is -4.55. The third kappa shape index (κ3) is 4.32. The van der Waals surface area contributed by atoms with Gasteiger partial charge in [-0.2, -0.15) is 13.2 Å². The first-order valence-electron chi connectivity index (χ1n) is 9.79. The number of H-pyrrole nitrogens is 1. The molecule has 3 aromatic rings. The quantitative estimate of drug-likeness (QED) is 0.439. The summed E-state index contributed by atoms with van der Waals surface area (Å²) < 4.78 is 40.6. The van der Waals surface area contributed by atoms with Gasteiger partial charge < -0.3 is 10.3 Å². The predicted octanol–water partition coefficient (Wildman–Crippen LogP) is 6.74. The van der Waals surface area contributed by atoms with Gasteiger partial charge in [0.25, 0.3) is 0 Å². The number of alkyl halides is 3. The van der Waals surface area contributed by atoms with Crippen molar-refractivity contribution in [3.63, 3.8) is 0 Å². The van der Waals surface area contributed by atoms with Crippen molar-refractivity contribution < 1.29 is 18.0 Å². The first-order chi connectivity index (χ1) is 14.6. The van der Waals surface area contributed by atoms with E-state index in [0.717, 1.165) is 11.1 Å². The van der Waals surface area contributed by atoms with Gasteiger partial charge in [0.15, 0.2) is 0 Å². The molecule has 0 aliphatic heterocycles. The summed E-state index contributed by atoms with van der Waals surface area (Å²) in [6.45, 7) is 2.09. The van der Waals surface area contributed by atoms with Gasteiger partial charge in [-0.15, -0.1) is 0 Å². The van der Waals surface area contributed by atoms with Gasteiger partial charge >= 0.3 is 6.18 Å².